The van der Waals surface area contributed by atoms with Gasteiger partial charge < -0.3 is 9.88 Å². The van der Waals surface area contributed by atoms with Gasteiger partial charge in [-0.05, 0) is 19.4 Å². The fraction of sp³-hybridized carbons (Fsp3) is 0.538. The van der Waals surface area contributed by atoms with Crippen LogP contribution < -0.4 is 5.32 Å². The van der Waals surface area contributed by atoms with Crippen molar-refractivity contribution in [1.29, 1.82) is 0 Å². The minimum absolute atomic E-state index is 0.00230. The Balaban J connectivity index is 1.68. The van der Waals surface area contributed by atoms with Crippen LogP contribution in [0.5, 0.6) is 0 Å². The third-order valence-corrected chi connectivity index (χ3v) is 3.83. The lowest BCUT2D eigenvalue weighted by Gasteiger charge is -2.26. The second-order valence-corrected chi connectivity index (χ2v) is 5.54. The van der Waals surface area contributed by atoms with Gasteiger partial charge in [-0.15, -0.1) is 10.2 Å². The number of H-pyrrole nitrogens is 1. The smallest absolute Gasteiger partial charge is 0.343 e. The lowest BCUT2D eigenvalue weighted by Crippen LogP contribution is -2.34. The first-order valence-electron chi connectivity index (χ1n) is 7.12. The van der Waals surface area contributed by atoms with Crippen LogP contribution in [-0.2, 0) is 19.5 Å². The van der Waals surface area contributed by atoms with E-state index in [1.54, 1.807) is 13.0 Å². The maximum Gasteiger partial charge on any atom is 0.393 e. The van der Waals surface area contributed by atoms with Crippen molar-refractivity contribution in [2.75, 3.05) is 0 Å². The molecule has 1 aliphatic rings. The molecule has 2 aromatic heterocycles. The molecule has 23 heavy (non-hydrogen) atoms. The molecule has 0 bridgehead atoms. The van der Waals surface area contributed by atoms with Crippen molar-refractivity contribution >= 4 is 5.91 Å². The SMILES string of the molecule is Cc1cc(C(=O)NCc2nnc3n2C[C@H](C(F)(F)F)CC3)n[nH]1. The van der Waals surface area contributed by atoms with Crippen molar-refractivity contribution in [1.82, 2.24) is 30.3 Å². The predicted octanol–water partition coefficient (Wildman–Crippen LogP) is 1.36. The molecule has 2 N–H and O–H groups in total. The van der Waals surface area contributed by atoms with Gasteiger partial charge in [-0.3, -0.25) is 9.89 Å². The number of hydrogen-bond acceptors (Lipinski definition) is 4. The number of alkyl halides is 3. The number of nitrogens with one attached hydrogen (secondary N) is 2. The van der Waals surface area contributed by atoms with Crippen LogP contribution in [-0.4, -0.2) is 37.0 Å². The van der Waals surface area contributed by atoms with E-state index >= 15 is 0 Å². The van der Waals surface area contributed by atoms with Gasteiger partial charge in [-0.1, -0.05) is 0 Å². The third kappa shape index (κ3) is 3.20. The van der Waals surface area contributed by atoms with Crippen LogP contribution in [0.4, 0.5) is 13.2 Å². The van der Waals surface area contributed by atoms with E-state index in [0.29, 0.717) is 11.6 Å². The lowest BCUT2D eigenvalue weighted by molar-refractivity contribution is -0.182. The molecule has 0 saturated carbocycles. The van der Waals surface area contributed by atoms with Gasteiger partial charge >= 0.3 is 6.18 Å². The first-order valence-corrected chi connectivity index (χ1v) is 7.12. The van der Waals surface area contributed by atoms with Gasteiger partial charge in [0, 0.05) is 18.7 Å². The molecule has 0 fully saturated rings. The molecular formula is C13H15F3N6O. The van der Waals surface area contributed by atoms with Crippen molar-refractivity contribution < 1.29 is 18.0 Å². The highest BCUT2D eigenvalue weighted by molar-refractivity contribution is 5.92. The summed E-state index contributed by atoms with van der Waals surface area (Å²) >= 11 is 0. The molecule has 0 aromatic carbocycles. The molecule has 3 rings (SSSR count). The summed E-state index contributed by atoms with van der Waals surface area (Å²) in [4.78, 5) is 11.9. The van der Waals surface area contributed by atoms with Crippen molar-refractivity contribution in [2.24, 2.45) is 5.92 Å². The molecule has 124 valence electrons. The van der Waals surface area contributed by atoms with E-state index in [0.717, 1.165) is 5.69 Å². The van der Waals surface area contributed by atoms with Crippen LogP contribution in [0.15, 0.2) is 6.07 Å². The predicted molar refractivity (Wildman–Crippen MR) is 72.4 cm³/mol. The minimum atomic E-state index is -4.24. The molecule has 2 aromatic rings. The normalized spacial score (nSPS) is 17.8. The van der Waals surface area contributed by atoms with Crippen LogP contribution in [0.1, 0.15) is 34.3 Å². The van der Waals surface area contributed by atoms with E-state index in [-0.39, 0.29) is 31.6 Å². The Labute approximate surface area is 129 Å². The Bertz CT molecular complexity index is 720. The van der Waals surface area contributed by atoms with E-state index in [9.17, 15) is 18.0 Å². The summed E-state index contributed by atoms with van der Waals surface area (Å²) in [5.74, 6) is -0.996. The number of aromatic nitrogens is 5. The van der Waals surface area contributed by atoms with Crippen LogP contribution in [0, 0.1) is 12.8 Å². The summed E-state index contributed by atoms with van der Waals surface area (Å²) in [5, 5.41) is 16.8. The molecule has 0 saturated heterocycles. The number of rotatable bonds is 3. The Hall–Kier alpha value is -2.39. The molecule has 0 aliphatic carbocycles. The monoisotopic (exact) mass is 328 g/mol. The number of hydrogen-bond donors (Lipinski definition) is 2. The number of aromatic amines is 1. The molecule has 1 aliphatic heterocycles. The zero-order valence-corrected chi connectivity index (χ0v) is 12.3. The molecule has 3 heterocycles. The van der Waals surface area contributed by atoms with Crippen molar-refractivity contribution in [2.45, 2.75) is 39.0 Å². The molecule has 1 amide bonds. The van der Waals surface area contributed by atoms with Gasteiger partial charge in [-0.25, -0.2) is 0 Å². The largest absolute Gasteiger partial charge is 0.393 e. The number of halogens is 3. The molecular weight excluding hydrogens is 313 g/mol. The quantitative estimate of drug-likeness (QED) is 0.890. The summed E-state index contributed by atoms with van der Waals surface area (Å²) in [6.07, 6.45) is -4.00. The molecule has 1 atom stereocenters. The number of aryl methyl sites for hydroxylation is 2. The van der Waals surface area contributed by atoms with Gasteiger partial charge in [-0.2, -0.15) is 18.3 Å². The second kappa shape index (κ2) is 5.67. The van der Waals surface area contributed by atoms with E-state index in [1.807, 2.05) is 0 Å². The maximum absolute atomic E-state index is 12.9. The lowest BCUT2D eigenvalue weighted by atomic mass is 9.99. The Morgan fingerprint density at radius 3 is 2.91 bits per heavy atom. The summed E-state index contributed by atoms with van der Waals surface area (Å²) < 4.78 is 40.1. The van der Waals surface area contributed by atoms with Crippen LogP contribution in [0.2, 0.25) is 0 Å². The molecule has 0 radical (unpaired) electrons. The van der Waals surface area contributed by atoms with Crippen LogP contribution >= 0.6 is 0 Å². The van der Waals surface area contributed by atoms with Crippen LogP contribution in [0.25, 0.3) is 0 Å². The van der Waals surface area contributed by atoms with Gasteiger partial charge in [0.2, 0.25) is 0 Å². The topological polar surface area (TPSA) is 88.5 Å². The number of nitrogens with zero attached hydrogens (tertiary/aromatic N) is 4. The van der Waals surface area contributed by atoms with Gasteiger partial charge in [0.05, 0.1) is 12.5 Å². The Morgan fingerprint density at radius 1 is 1.48 bits per heavy atom. The summed E-state index contributed by atoms with van der Waals surface area (Å²) in [7, 11) is 0. The first kappa shape index (κ1) is 15.5. The maximum atomic E-state index is 12.9. The molecule has 10 heteroatoms. The first-order chi connectivity index (χ1) is 10.8. The number of carbonyl (C=O) groups excluding carboxylic acids is 1. The van der Waals surface area contributed by atoms with E-state index in [1.165, 1.54) is 4.57 Å². The van der Waals surface area contributed by atoms with E-state index in [4.69, 9.17) is 0 Å². The van der Waals surface area contributed by atoms with Gasteiger partial charge in [0.25, 0.3) is 5.91 Å². The highest BCUT2D eigenvalue weighted by atomic mass is 19.4. The third-order valence-electron chi connectivity index (χ3n) is 3.83. The number of carbonyl (C=O) groups is 1. The highest BCUT2D eigenvalue weighted by Gasteiger charge is 2.42. The molecule has 0 spiro atoms. The van der Waals surface area contributed by atoms with E-state index < -0.39 is 18.0 Å². The van der Waals surface area contributed by atoms with Crippen molar-refractivity contribution in [3.05, 3.63) is 29.1 Å². The Kier molecular flexibility index (Phi) is 3.82. The molecule has 7 nitrogen and oxygen atoms in total. The number of fused-ring (bicyclic) bond motifs is 1. The summed E-state index contributed by atoms with van der Waals surface area (Å²) in [6, 6.07) is 1.58. The average Bonchev–Trinajstić information content (AvgIpc) is 3.09. The standard InChI is InChI=1S/C13H15F3N6O/c1-7-4-9(19-18-7)12(23)17-5-11-21-20-10-3-2-8(6-22(10)11)13(14,15)16/h4,8H,2-3,5-6H2,1H3,(H,17,23)(H,18,19)/t8-/m1/s1. The van der Waals surface area contributed by atoms with Gasteiger partial charge in [0.15, 0.2) is 5.82 Å². The summed E-state index contributed by atoms with van der Waals surface area (Å²) in [6.45, 7) is 1.55. The summed E-state index contributed by atoms with van der Waals surface area (Å²) in [5.41, 5.74) is 0.956. The second-order valence-electron chi connectivity index (χ2n) is 5.54. The minimum Gasteiger partial charge on any atom is -0.343 e. The Morgan fingerprint density at radius 2 is 2.26 bits per heavy atom. The zero-order chi connectivity index (χ0) is 16.6. The van der Waals surface area contributed by atoms with Crippen molar-refractivity contribution in [3.8, 4) is 0 Å². The number of amides is 1. The van der Waals surface area contributed by atoms with Gasteiger partial charge in [0.1, 0.15) is 11.5 Å². The zero-order valence-electron chi connectivity index (χ0n) is 12.3. The van der Waals surface area contributed by atoms with E-state index in [2.05, 4.69) is 25.7 Å². The fourth-order valence-corrected chi connectivity index (χ4v) is 2.57. The van der Waals surface area contributed by atoms with Crippen molar-refractivity contribution in [3.63, 3.8) is 0 Å². The van der Waals surface area contributed by atoms with Crippen LogP contribution in [0.3, 0.4) is 0 Å². The molecule has 0 unspecified atom stereocenters. The fourth-order valence-electron chi connectivity index (χ4n) is 2.57. The highest BCUT2D eigenvalue weighted by Crippen LogP contribution is 2.34. The average molecular weight is 328 g/mol.